The van der Waals surface area contributed by atoms with Crippen molar-refractivity contribution in [2.45, 2.75) is 0 Å². The van der Waals surface area contributed by atoms with Gasteiger partial charge in [0.25, 0.3) is 5.69 Å². The number of benzene rings is 1. The van der Waals surface area contributed by atoms with Gasteiger partial charge in [-0.3, -0.25) is 31.1 Å². The maximum absolute atomic E-state index is 11.4. The summed E-state index contributed by atoms with van der Waals surface area (Å²) in [5.41, 5.74) is 4.64. The van der Waals surface area contributed by atoms with Crippen LogP contribution >= 0.6 is 0 Å². The van der Waals surface area contributed by atoms with Gasteiger partial charge in [-0.25, -0.2) is 0 Å². The predicted octanol–water partition coefficient (Wildman–Crippen LogP) is 0.800. The minimum absolute atomic E-state index is 0.0295. The molecule has 1 aromatic carbocycles. The molecule has 2 fully saturated rings. The fourth-order valence-electron chi connectivity index (χ4n) is 3.23. The molecule has 2 aromatic rings. The number of nitrogens with one attached hydrogen (secondary N) is 2. The van der Waals surface area contributed by atoms with E-state index < -0.39 is 15.5 Å². The fourth-order valence-corrected chi connectivity index (χ4v) is 3.23. The second kappa shape index (κ2) is 9.52. The molecular formula is C17H21N9O6. The Hall–Kier alpha value is -3.85. The predicted molar refractivity (Wildman–Crippen MR) is 113 cm³/mol. The minimum Gasteiger partial charge on any atom is -0.378 e. The number of hydrogen-bond donors (Lipinski definition) is 2. The maximum atomic E-state index is 11.4. The Kier molecular flexibility index (Phi) is 6.37. The number of hydrazine groups is 1. The van der Waals surface area contributed by atoms with Crippen LogP contribution in [0.15, 0.2) is 18.2 Å². The molecule has 0 bridgehead atoms. The van der Waals surface area contributed by atoms with Crippen LogP contribution in [0.4, 0.5) is 34.9 Å². The zero-order valence-electron chi connectivity index (χ0n) is 17.0. The van der Waals surface area contributed by atoms with E-state index in [1.54, 1.807) is 0 Å². The number of ether oxygens (including phenoxy) is 2. The van der Waals surface area contributed by atoms with Crippen molar-refractivity contribution in [3.63, 3.8) is 0 Å². The fraction of sp³-hybridized carbons (Fsp3) is 0.471. The summed E-state index contributed by atoms with van der Waals surface area (Å²) in [6, 6.07) is 3.30. The van der Waals surface area contributed by atoms with Crippen molar-refractivity contribution in [1.82, 2.24) is 15.0 Å². The van der Waals surface area contributed by atoms with Gasteiger partial charge in [-0.05, 0) is 6.07 Å². The summed E-state index contributed by atoms with van der Waals surface area (Å²) in [5, 5.41) is 22.3. The van der Waals surface area contributed by atoms with Gasteiger partial charge in [0.05, 0.1) is 42.3 Å². The van der Waals surface area contributed by atoms with Crippen LogP contribution in [0.2, 0.25) is 0 Å². The lowest BCUT2D eigenvalue weighted by Crippen LogP contribution is -2.40. The molecule has 32 heavy (non-hydrogen) atoms. The van der Waals surface area contributed by atoms with Crippen LogP contribution in [-0.2, 0) is 9.47 Å². The monoisotopic (exact) mass is 447 g/mol. The molecule has 2 saturated heterocycles. The lowest BCUT2D eigenvalue weighted by Gasteiger charge is -2.30. The van der Waals surface area contributed by atoms with Crippen LogP contribution < -0.4 is 20.7 Å². The van der Waals surface area contributed by atoms with Crippen LogP contribution in [0.3, 0.4) is 0 Å². The molecule has 0 amide bonds. The van der Waals surface area contributed by atoms with E-state index in [9.17, 15) is 20.2 Å². The number of nitrogens with zero attached hydrogens (tertiary/aromatic N) is 7. The van der Waals surface area contributed by atoms with Crippen molar-refractivity contribution in [2.75, 3.05) is 73.3 Å². The number of hydrogen-bond acceptors (Lipinski definition) is 13. The number of aromatic nitrogens is 3. The van der Waals surface area contributed by atoms with Crippen LogP contribution in [0.1, 0.15) is 0 Å². The second-order valence-electron chi connectivity index (χ2n) is 6.92. The minimum atomic E-state index is -0.706. The van der Waals surface area contributed by atoms with E-state index in [2.05, 4.69) is 25.8 Å². The molecule has 2 aliphatic heterocycles. The third-order valence-corrected chi connectivity index (χ3v) is 4.90. The average molecular weight is 447 g/mol. The van der Waals surface area contributed by atoms with E-state index in [0.717, 1.165) is 6.07 Å². The number of rotatable bonds is 7. The van der Waals surface area contributed by atoms with Crippen LogP contribution in [0.5, 0.6) is 0 Å². The van der Waals surface area contributed by atoms with Gasteiger partial charge >= 0.3 is 5.69 Å². The third-order valence-electron chi connectivity index (χ3n) is 4.90. The van der Waals surface area contributed by atoms with E-state index in [0.29, 0.717) is 64.5 Å². The first-order chi connectivity index (χ1) is 15.5. The van der Waals surface area contributed by atoms with Crippen molar-refractivity contribution in [2.24, 2.45) is 0 Å². The SMILES string of the molecule is O=[N+]([O-])c1ccc(NNc2nc(N3CCOCC3)nc(N3CCOCC3)n2)c([N+](=O)[O-])c1. The summed E-state index contributed by atoms with van der Waals surface area (Å²) >= 11 is 0. The zero-order valence-corrected chi connectivity index (χ0v) is 17.0. The molecule has 2 N–H and O–H groups in total. The van der Waals surface area contributed by atoms with Gasteiger partial charge in [-0.15, -0.1) is 0 Å². The molecule has 15 nitrogen and oxygen atoms in total. The smallest absolute Gasteiger partial charge is 0.300 e. The zero-order chi connectivity index (χ0) is 22.5. The van der Waals surface area contributed by atoms with Crippen molar-refractivity contribution in [1.29, 1.82) is 0 Å². The summed E-state index contributed by atoms with van der Waals surface area (Å²) in [4.78, 5) is 38.3. The molecule has 0 radical (unpaired) electrons. The van der Waals surface area contributed by atoms with Crippen molar-refractivity contribution in [3.8, 4) is 0 Å². The maximum Gasteiger partial charge on any atom is 0.300 e. The van der Waals surface area contributed by atoms with Gasteiger partial charge < -0.3 is 19.3 Å². The van der Waals surface area contributed by atoms with Gasteiger partial charge in [0.15, 0.2) is 0 Å². The van der Waals surface area contributed by atoms with Crippen molar-refractivity contribution in [3.05, 3.63) is 38.4 Å². The third kappa shape index (κ3) is 4.89. The molecule has 0 aliphatic carbocycles. The number of anilines is 4. The molecule has 170 valence electrons. The highest BCUT2D eigenvalue weighted by Crippen LogP contribution is 2.29. The topological polar surface area (TPSA) is 174 Å². The highest BCUT2D eigenvalue weighted by Gasteiger charge is 2.22. The van der Waals surface area contributed by atoms with E-state index in [-0.39, 0.29) is 17.3 Å². The Morgan fingerprint density at radius 2 is 1.38 bits per heavy atom. The largest absolute Gasteiger partial charge is 0.378 e. The lowest BCUT2D eigenvalue weighted by atomic mass is 10.2. The summed E-state index contributed by atoms with van der Waals surface area (Å²) < 4.78 is 10.8. The molecular weight excluding hydrogens is 426 g/mol. The lowest BCUT2D eigenvalue weighted by molar-refractivity contribution is -0.393. The van der Waals surface area contributed by atoms with Gasteiger partial charge in [0.2, 0.25) is 17.8 Å². The van der Waals surface area contributed by atoms with Crippen molar-refractivity contribution < 1.29 is 19.3 Å². The highest BCUT2D eigenvalue weighted by molar-refractivity contribution is 5.66. The molecule has 0 atom stereocenters. The Labute approximate surface area is 181 Å². The van der Waals surface area contributed by atoms with E-state index in [4.69, 9.17) is 9.47 Å². The Morgan fingerprint density at radius 1 is 0.812 bits per heavy atom. The molecule has 2 aliphatic rings. The Balaban J connectivity index is 1.59. The van der Waals surface area contributed by atoms with E-state index in [1.165, 1.54) is 12.1 Å². The Bertz CT molecular complexity index is 958. The molecule has 4 rings (SSSR count). The van der Waals surface area contributed by atoms with Crippen LogP contribution in [-0.4, -0.2) is 77.4 Å². The van der Waals surface area contributed by atoms with Crippen LogP contribution in [0.25, 0.3) is 0 Å². The first kappa shape index (κ1) is 21.4. The summed E-state index contributed by atoms with van der Waals surface area (Å²) in [5.74, 6) is 1.05. The highest BCUT2D eigenvalue weighted by atomic mass is 16.6. The number of morpholine rings is 2. The van der Waals surface area contributed by atoms with Gasteiger partial charge in [-0.1, -0.05) is 0 Å². The van der Waals surface area contributed by atoms with Crippen LogP contribution in [0, 0.1) is 20.2 Å². The number of non-ortho nitro benzene ring substituents is 1. The first-order valence-corrected chi connectivity index (χ1v) is 9.87. The molecule has 15 heteroatoms. The quantitative estimate of drug-likeness (QED) is 0.451. The van der Waals surface area contributed by atoms with Gasteiger partial charge in [0.1, 0.15) is 5.69 Å². The Morgan fingerprint density at radius 3 is 1.88 bits per heavy atom. The molecule has 1 aromatic heterocycles. The van der Waals surface area contributed by atoms with Gasteiger partial charge in [0, 0.05) is 32.2 Å². The second-order valence-corrected chi connectivity index (χ2v) is 6.92. The standard InChI is InChI=1S/C17H21N9O6/c27-25(28)12-1-2-13(14(11-12)26(29)30)21-22-15-18-16(23-3-7-31-8-4-23)20-17(19-15)24-5-9-32-10-6-24/h1-2,11,21H,3-10H2,(H,18,19,20,22). The normalized spacial score (nSPS) is 16.5. The molecule has 3 heterocycles. The van der Waals surface area contributed by atoms with E-state index in [1.807, 2.05) is 9.80 Å². The number of nitro benzene ring substituents is 2. The molecule has 0 spiro atoms. The molecule has 0 saturated carbocycles. The van der Waals surface area contributed by atoms with E-state index >= 15 is 0 Å². The van der Waals surface area contributed by atoms with Crippen molar-refractivity contribution >= 4 is 34.9 Å². The summed E-state index contributed by atoms with van der Waals surface area (Å²) in [6.45, 7) is 4.67. The summed E-state index contributed by atoms with van der Waals surface area (Å²) in [7, 11) is 0. The number of nitro groups is 2. The average Bonchev–Trinajstić information content (AvgIpc) is 2.83. The van der Waals surface area contributed by atoms with Gasteiger partial charge in [-0.2, -0.15) is 15.0 Å². The molecule has 0 unspecified atom stereocenters. The summed E-state index contributed by atoms with van der Waals surface area (Å²) in [6.07, 6.45) is 0. The first-order valence-electron chi connectivity index (χ1n) is 9.87.